The average Bonchev–Trinajstić information content (AvgIpc) is 2.69. The summed E-state index contributed by atoms with van der Waals surface area (Å²) in [7, 11) is 0. The van der Waals surface area contributed by atoms with Gasteiger partial charge in [-0.25, -0.2) is 0 Å². The first-order chi connectivity index (χ1) is 9.70. The first-order valence-corrected chi connectivity index (χ1v) is 8.74. The molecular formula is C17H34N2O. The van der Waals surface area contributed by atoms with Crippen LogP contribution >= 0.6 is 0 Å². The highest BCUT2D eigenvalue weighted by Crippen LogP contribution is 2.34. The summed E-state index contributed by atoms with van der Waals surface area (Å²) in [6.45, 7) is 13.6. The second-order valence-electron chi connectivity index (χ2n) is 7.01. The summed E-state index contributed by atoms with van der Waals surface area (Å²) < 4.78 is 5.59. The summed E-state index contributed by atoms with van der Waals surface area (Å²) >= 11 is 0. The van der Waals surface area contributed by atoms with E-state index in [4.69, 9.17) is 4.74 Å². The fourth-order valence-electron chi connectivity index (χ4n) is 3.95. The fraction of sp³-hybridized carbons (Fsp3) is 1.00. The zero-order valence-corrected chi connectivity index (χ0v) is 13.7. The van der Waals surface area contributed by atoms with Gasteiger partial charge in [-0.15, -0.1) is 0 Å². The molecule has 1 N–H and O–H groups in total. The molecule has 1 heterocycles. The predicted octanol–water partition coefficient (Wildman–Crippen LogP) is 2.76. The van der Waals surface area contributed by atoms with Gasteiger partial charge in [0.1, 0.15) is 0 Å². The lowest BCUT2D eigenvalue weighted by Crippen LogP contribution is -2.46. The van der Waals surface area contributed by atoms with Crippen molar-refractivity contribution in [3.8, 4) is 0 Å². The Balaban J connectivity index is 1.91. The van der Waals surface area contributed by atoms with Gasteiger partial charge in [-0.3, -0.25) is 0 Å². The molecule has 3 atom stereocenters. The topological polar surface area (TPSA) is 24.5 Å². The molecule has 3 heteroatoms. The second-order valence-corrected chi connectivity index (χ2v) is 7.01. The van der Waals surface area contributed by atoms with Crippen LogP contribution in [0.5, 0.6) is 0 Å². The van der Waals surface area contributed by atoms with E-state index in [0.717, 1.165) is 50.1 Å². The van der Waals surface area contributed by atoms with Crippen LogP contribution in [0.4, 0.5) is 0 Å². The predicted molar refractivity (Wildman–Crippen MR) is 85.0 cm³/mol. The van der Waals surface area contributed by atoms with Crippen molar-refractivity contribution in [3.63, 3.8) is 0 Å². The smallest absolute Gasteiger partial charge is 0.0593 e. The third kappa shape index (κ3) is 4.71. The van der Waals surface area contributed by atoms with E-state index in [1.165, 1.54) is 38.8 Å². The zero-order chi connectivity index (χ0) is 14.4. The monoisotopic (exact) mass is 282 g/mol. The van der Waals surface area contributed by atoms with Gasteiger partial charge in [0, 0.05) is 32.3 Å². The molecule has 1 saturated heterocycles. The maximum absolute atomic E-state index is 5.59. The summed E-state index contributed by atoms with van der Waals surface area (Å²) in [5, 5.41) is 3.74. The lowest BCUT2D eigenvalue weighted by atomic mass is 9.73. The third-order valence-electron chi connectivity index (χ3n) is 5.24. The van der Waals surface area contributed by atoms with E-state index in [-0.39, 0.29) is 0 Å². The largest absolute Gasteiger partial charge is 0.380 e. The number of nitrogens with zero attached hydrogens (tertiary/aromatic N) is 1. The highest BCUT2D eigenvalue weighted by molar-refractivity contribution is 4.87. The molecule has 0 aromatic rings. The molecule has 2 rings (SSSR count). The Bertz CT molecular complexity index is 262. The molecule has 1 aliphatic carbocycles. The summed E-state index contributed by atoms with van der Waals surface area (Å²) in [5.41, 5.74) is 0. The normalized spacial score (nSPS) is 33.3. The van der Waals surface area contributed by atoms with Crippen molar-refractivity contribution in [2.45, 2.75) is 52.5 Å². The quantitative estimate of drug-likeness (QED) is 0.839. The minimum absolute atomic E-state index is 0.735. The summed E-state index contributed by atoms with van der Waals surface area (Å²) in [6, 6.07) is 0.735. The number of nitrogens with one attached hydrogen (secondary N) is 1. The Morgan fingerprint density at radius 1 is 1.20 bits per heavy atom. The van der Waals surface area contributed by atoms with Crippen LogP contribution in [0.2, 0.25) is 0 Å². The molecule has 0 aromatic heterocycles. The third-order valence-corrected chi connectivity index (χ3v) is 5.24. The molecule has 0 amide bonds. The molecular weight excluding hydrogens is 248 g/mol. The first-order valence-electron chi connectivity index (χ1n) is 8.74. The average molecular weight is 282 g/mol. The van der Waals surface area contributed by atoms with Gasteiger partial charge in [0.05, 0.1) is 6.61 Å². The Labute approximate surface area is 125 Å². The second kappa shape index (κ2) is 8.35. The first kappa shape index (κ1) is 16.3. The highest BCUT2D eigenvalue weighted by Gasteiger charge is 2.32. The van der Waals surface area contributed by atoms with Gasteiger partial charge in [0.25, 0.3) is 0 Å². The van der Waals surface area contributed by atoms with Gasteiger partial charge in [0.15, 0.2) is 0 Å². The number of rotatable bonds is 5. The van der Waals surface area contributed by atoms with E-state index in [0.29, 0.717) is 0 Å². The van der Waals surface area contributed by atoms with Crippen molar-refractivity contribution < 1.29 is 4.74 Å². The number of hydrogen-bond donors (Lipinski definition) is 1. The van der Waals surface area contributed by atoms with Crippen LogP contribution in [0, 0.1) is 17.8 Å². The van der Waals surface area contributed by atoms with Crippen LogP contribution in [0.25, 0.3) is 0 Å². The van der Waals surface area contributed by atoms with Gasteiger partial charge < -0.3 is 15.0 Å². The molecule has 20 heavy (non-hydrogen) atoms. The van der Waals surface area contributed by atoms with Crippen molar-refractivity contribution in [2.75, 3.05) is 39.4 Å². The summed E-state index contributed by atoms with van der Waals surface area (Å²) in [4.78, 5) is 2.64. The van der Waals surface area contributed by atoms with Crippen molar-refractivity contribution in [1.82, 2.24) is 10.2 Å². The van der Waals surface area contributed by atoms with Crippen molar-refractivity contribution in [3.05, 3.63) is 0 Å². The van der Waals surface area contributed by atoms with Crippen molar-refractivity contribution in [1.29, 1.82) is 0 Å². The molecule has 0 radical (unpaired) electrons. The van der Waals surface area contributed by atoms with Gasteiger partial charge in [-0.1, -0.05) is 20.8 Å². The van der Waals surface area contributed by atoms with Crippen molar-refractivity contribution >= 4 is 0 Å². The van der Waals surface area contributed by atoms with Crippen LogP contribution in [0.3, 0.4) is 0 Å². The standard InChI is InChI=1S/C17H34N2O/c1-4-18-17-7-6-15(14(2)3)12-16(17)13-19-8-5-10-20-11-9-19/h14-18H,4-13H2,1-3H3. The SMILES string of the molecule is CCNC1CCC(C(C)C)CC1CN1CCCOCC1. The zero-order valence-electron chi connectivity index (χ0n) is 13.7. The molecule has 3 unspecified atom stereocenters. The van der Waals surface area contributed by atoms with E-state index in [2.05, 4.69) is 31.0 Å². The minimum atomic E-state index is 0.735. The molecule has 1 saturated carbocycles. The lowest BCUT2D eigenvalue weighted by Gasteiger charge is -2.40. The van der Waals surface area contributed by atoms with E-state index in [9.17, 15) is 0 Å². The van der Waals surface area contributed by atoms with Crippen LogP contribution in [-0.2, 0) is 4.74 Å². The van der Waals surface area contributed by atoms with Gasteiger partial charge in [-0.05, 0) is 50.0 Å². The molecule has 0 aromatic carbocycles. The molecule has 2 fully saturated rings. The Hall–Kier alpha value is -0.120. The van der Waals surface area contributed by atoms with Gasteiger partial charge >= 0.3 is 0 Å². The molecule has 118 valence electrons. The van der Waals surface area contributed by atoms with Gasteiger partial charge in [0.2, 0.25) is 0 Å². The van der Waals surface area contributed by atoms with E-state index in [1.807, 2.05) is 0 Å². The Morgan fingerprint density at radius 3 is 2.80 bits per heavy atom. The molecule has 3 nitrogen and oxygen atoms in total. The van der Waals surface area contributed by atoms with Crippen molar-refractivity contribution in [2.24, 2.45) is 17.8 Å². The summed E-state index contributed by atoms with van der Waals surface area (Å²) in [5.74, 6) is 2.60. The molecule has 1 aliphatic heterocycles. The van der Waals surface area contributed by atoms with Crippen LogP contribution in [0.1, 0.15) is 46.5 Å². The Morgan fingerprint density at radius 2 is 2.05 bits per heavy atom. The van der Waals surface area contributed by atoms with Gasteiger partial charge in [-0.2, -0.15) is 0 Å². The van der Waals surface area contributed by atoms with E-state index < -0.39 is 0 Å². The molecule has 0 bridgehead atoms. The van der Waals surface area contributed by atoms with Crippen LogP contribution < -0.4 is 5.32 Å². The fourth-order valence-corrected chi connectivity index (χ4v) is 3.95. The lowest BCUT2D eigenvalue weighted by molar-refractivity contribution is 0.111. The number of ether oxygens (including phenoxy) is 1. The summed E-state index contributed by atoms with van der Waals surface area (Å²) in [6.07, 6.45) is 5.39. The molecule has 2 aliphatic rings. The van der Waals surface area contributed by atoms with E-state index in [1.54, 1.807) is 0 Å². The number of hydrogen-bond acceptors (Lipinski definition) is 3. The maximum atomic E-state index is 5.59. The molecule has 0 spiro atoms. The van der Waals surface area contributed by atoms with Crippen LogP contribution in [-0.4, -0.2) is 50.3 Å². The Kier molecular flexibility index (Phi) is 6.79. The maximum Gasteiger partial charge on any atom is 0.0593 e. The highest BCUT2D eigenvalue weighted by atomic mass is 16.5. The van der Waals surface area contributed by atoms with Crippen LogP contribution in [0.15, 0.2) is 0 Å². The minimum Gasteiger partial charge on any atom is -0.380 e. The van der Waals surface area contributed by atoms with E-state index >= 15 is 0 Å².